The standard InChI is InChI=1S/C17H17ClN2O6S/c18-14-3-1-13(2-4-14)12-26-17-6-5-15(11-16(17)20(21)22)27(23,24)19-7-9-25-10-8-19/h1-6,11H,7-10,12H2. The number of benzene rings is 2. The normalized spacial score (nSPS) is 15.4. The molecule has 0 unspecified atom stereocenters. The van der Waals surface area contributed by atoms with Crippen molar-refractivity contribution in [1.29, 1.82) is 0 Å². The first-order valence-corrected chi connectivity index (χ1v) is 9.93. The highest BCUT2D eigenvalue weighted by molar-refractivity contribution is 7.89. The molecule has 8 nitrogen and oxygen atoms in total. The first-order valence-electron chi connectivity index (χ1n) is 8.11. The van der Waals surface area contributed by atoms with Crippen molar-refractivity contribution in [3.05, 3.63) is 63.2 Å². The summed E-state index contributed by atoms with van der Waals surface area (Å²) in [4.78, 5) is 10.6. The number of ether oxygens (including phenoxy) is 2. The van der Waals surface area contributed by atoms with Crippen LogP contribution in [0, 0.1) is 10.1 Å². The Balaban J connectivity index is 1.84. The van der Waals surface area contributed by atoms with Gasteiger partial charge in [-0.3, -0.25) is 10.1 Å². The summed E-state index contributed by atoms with van der Waals surface area (Å²) in [6, 6.07) is 10.5. The summed E-state index contributed by atoms with van der Waals surface area (Å²) in [5.74, 6) is -0.00382. The molecule has 0 atom stereocenters. The summed E-state index contributed by atoms with van der Waals surface area (Å²) in [6.07, 6.45) is 0. The van der Waals surface area contributed by atoms with E-state index in [1.807, 2.05) is 0 Å². The lowest BCUT2D eigenvalue weighted by Gasteiger charge is -2.26. The van der Waals surface area contributed by atoms with E-state index in [1.54, 1.807) is 24.3 Å². The van der Waals surface area contributed by atoms with Crippen LogP contribution < -0.4 is 4.74 Å². The average molecular weight is 413 g/mol. The largest absolute Gasteiger partial charge is 0.482 e. The van der Waals surface area contributed by atoms with Crippen LogP contribution in [-0.2, 0) is 21.4 Å². The molecular weight excluding hydrogens is 396 g/mol. The van der Waals surface area contributed by atoms with Gasteiger partial charge in [0.1, 0.15) is 6.61 Å². The maximum Gasteiger partial charge on any atom is 0.312 e. The summed E-state index contributed by atoms with van der Waals surface area (Å²) in [7, 11) is -3.83. The number of hydrogen-bond donors (Lipinski definition) is 0. The molecule has 0 N–H and O–H groups in total. The second-order valence-corrected chi connectivity index (χ2v) is 8.19. The third kappa shape index (κ3) is 4.56. The van der Waals surface area contributed by atoms with Crippen molar-refractivity contribution in [3.8, 4) is 5.75 Å². The Morgan fingerprint density at radius 1 is 1.15 bits per heavy atom. The molecule has 0 radical (unpaired) electrons. The van der Waals surface area contributed by atoms with Gasteiger partial charge in [0, 0.05) is 24.2 Å². The van der Waals surface area contributed by atoms with Crippen molar-refractivity contribution in [2.24, 2.45) is 0 Å². The van der Waals surface area contributed by atoms with Gasteiger partial charge in [0.05, 0.1) is 23.0 Å². The fourth-order valence-electron chi connectivity index (χ4n) is 2.60. The zero-order valence-corrected chi connectivity index (χ0v) is 15.8. The van der Waals surface area contributed by atoms with Gasteiger partial charge in [0.15, 0.2) is 5.75 Å². The predicted octanol–water partition coefficient (Wildman–Crippen LogP) is 2.85. The Hall–Kier alpha value is -2.20. The Labute approximate surface area is 161 Å². The molecule has 1 fully saturated rings. The van der Waals surface area contributed by atoms with E-state index in [0.29, 0.717) is 18.2 Å². The first-order chi connectivity index (χ1) is 12.9. The summed E-state index contributed by atoms with van der Waals surface area (Å²) < 4.78 is 37.3. The number of nitrogens with zero attached hydrogens (tertiary/aromatic N) is 2. The highest BCUT2D eigenvalue weighted by Gasteiger charge is 2.29. The van der Waals surface area contributed by atoms with Crippen LogP contribution >= 0.6 is 11.6 Å². The van der Waals surface area contributed by atoms with Gasteiger partial charge in [0.2, 0.25) is 10.0 Å². The number of hydrogen-bond acceptors (Lipinski definition) is 6. The molecule has 27 heavy (non-hydrogen) atoms. The molecule has 0 spiro atoms. The minimum absolute atomic E-state index is 0.00382. The molecular formula is C17H17ClN2O6S. The van der Waals surface area contributed by atoms with Gasteiger partial charge in [-0.05, 0) is 29.8 Å². The lowest BCUT2D eigenvalue weighted by atomic mass is 10.2. The molecule has 1 saturated heterocycles. The molecule has 0 aliphatic carbocycles. The number of rotatable bonds is 6. The second kappa shape index (κ2) is 8.22. The van der Waals surface area contributed by atoms with Crippen LogP contribution in [0.3, 0.4) is 0 Å². The molecule has 2 aromatic carbocycles. The topological polar surface area (TPSA) is 99.0 Å². The lowest BCUT2D eigenvalue weighted by molar-refractivity contribution is -0.386. The zero-order valence-electron chi connectivity index (χ0n) is 14.2. The highest BCUT2D eigenvalue weighted by atomic mass is 35.5. The molecule has 10 heteroatoms. The van der Waals surface area contributed by atoms with Crippen molar-refractivity contribution in [3.63, 3.8) is 0 Å². The third-order valence-corrected chi connectivity index (χ3v) is 6.19. The van der Waals surface area contributed by atoms with Crippen LogP contribution in [0.1, 0.15) is 5.56 Å². The van der Waals surface area contributed by atoms with Crippen LogP contribution in [0.25, 0.3) is 0 Å². The fraction of sp³-hybridized carbons (Fsp3) is 0.294. The van der Waals surface area contributed by atoms with E-state index in [-0.39, 0.29) is 30.3 Å². The smallest absolute Gasteiger partial charge is 0.312 e. The Morgan fingerprint density at radius 3 is 2.44 bits per heavy atom. The van der Waals surface area contributed by atoms with Crippen LogP contribution in [-0.4, -0.2) is 43.9 Å². The minimum atomic E-state index is -3.83. The van der Waals surface area contributed by atoms with Gasteiger partial charge in [-0.25, -0.2) is 8.42 Å². The number of halogens is 1. The predicted molar refractivity (Wildman–Crippen MR) is 98.5 cm³/mol. The van der Waals surface area contributed by atoms with Gasteiger partial charge >= 0.3 is 5.69 Å². The van der Waals surface area contributed by atoms with Gasteiger partial charge in [-0.15, -0.1) is 0 Å². The van der Waals surface area contributed by atoms with E-state index in [1.165, 1.54) is 16.4 Å². The Morgan fingerprint density at radius 2 is 1.81 bits per heavy atom. The molecule has 0 aromatic heterocycles. The molecule has 1 heterocycles. The lowest BCUT2D eigenvalue weighted by Crippen LogP contribution is -2.40. The van der Waals surface area contributed by atoms with Gasteiger partial charge in [-0.1, -0.05) is 23.7 Å². The molecule has 0 amide bonds. The van der Waals surface area contributed by atoms with Crippen LogP contribution in [0.5, 0.6) is 5.75 Å². The average Bonchev–Trinajstić information content (AvgIpc) is 2.68. The summed E-state index contributed by atoms with van der Waals surface area (Å²) in [6.45, 7) is 1.11. The number of nitro groups is 1. The van der Waals surface area contributed by atoms with E-state index < -0.39 is 20.6 Å². The van der Waals surface area contributed by atoms with Crippen molar-refractivity contribution in [1.82, 2.24) is 4.31 Å². The second-order valence-electron chi connectivity index (χ2n) is 5.82. The Kier molecular flexibility index (Phi) is 5.95. The monoisotopic (exact) mass is 412 g/mol. The highest BCUT2D eigenvalue weighted by Crippen LogP contribution is 2.31. The maximum atomic E-state index is 12.7. The molecule has 0 bridgehead atoms. The van der Waals surface area contributed by atoms with Crippen LogP contribution in [0.15, 0.2) is 47.4 Å². The van der Waals surface area contributed by atoms with E-state index in [9.17, 15) is 18.5 Å². The zero-order chi connectivity index (χ0) is 19.4. The van der Waals surface area contributed by atoms with Crippen LogP contribution in [0.4, 0.5) is 5.69 Å². The minimum Gasteiger partial charge on any atom is -0.482 e. The van der Waals surface area contributed by atoms with Gasteiger partial charge < -0.3 is 9.47 Å². The summed E-state index contributed by atoms with van der Waals surface area (Å²) in [5, 5.41) is 12.0. The quantitative estimate of drug-likeness (QED) is 0.534. The van der Waals surface area contributed by atoms with E-state index >= 15 is 0 Å². The maximum absolute atomic E-state index is 12.7. The summed E-state index contributed by atoms with van der Waals surface area (Å²) in [5.41, 5.74) is 0.372. The first kappa shape index (κ1) is 19.6. The molecule has 144 valence electrons. The van der Waals surface area contributed by atoms with Crippen LogP contribution in [0.2, 0.25) is 5.02 Å². The van der Waals surface area contributed by atoms with E-state index in [4.69, 9.17) is 21.1 Å². The third-order valence-electron chi connectivity index (χ3n) is 4.04. The number of morpholine rings is 1. The fourth-order valence-corrected chi connectivity index (χ4v) is 4.15. The molecule has 3 rings (SSSR count). The van der Waals surface area contributed by atoms with Gasteiger partial charge in [0.25, 0.3) is 0 Å². The molecule has 0 saturated carbocycles. The van der Waals surface area contributed by atoms with Crippen molar-refractivity contribution in [2.75, 3.05) is 26.3 Å². The number of sulfonamides is 1. The Bertz CT molecular complexity index is 927. The molecule has 1 aliphatic heterocycles. The van der Waals surface area contributed by atoms with Gasteiger partial charge in [-0.2, -0.15) is 4.31 Å². The molecule has 2 aromatic rings. The van der Waals surface area contributed by atoms with Crippen molar-refractivity contribution in [2.45, 2.75) is 11.5 Å². The van der Waals surface area contributed by atoms with E-state index in [0.717, 1.165) is 11.6 Å². The van der Waals surface area contributed by atoms with Crippen molar-refractivity contribution >= 4 is 27.3 Å². The molecule has 1 aliphatic rings. The van der Waals surface area contributed by atoms with Crippen molar-refractivity contribution < 1.29 is 22.8 Å². The van der Waals surface area contributed by atoms with E-state index in [2.05, 4.69) is 0 Å². The number of nitro benzene ring substituents is 1. The SMILES string of the molecule is O=[N+]([O-])c1cc(S(=O)(=O)N2CCOCC2)ccc1OCc1ccc(Cl)cc1. The summed E-state index contributed by atoms with van der Waals surface area (Å²) >= 11 is 5.82.